The Morgan fingerprint density at radius 3 is 2.36 bits per heavy atom. The van der Waals surface area contributed by atoms with Crippen LogP contribution in [-0.4, -0.2) is 5.75 Å². The van der Waals surface area contributed by atoms with E-state index in [1.807, 2.05) is 24.3 Å². The third-order valence-corrected chi connectivity index (χ3v) is 2.42. The average molecular weight is 232 g/mol. The number of halogens is 1. The van der Waals surface area contributed by atoms with Crippen molar-refractivity contribution in [3.05, 3.63) is 34.3 Å². The quantitative estimate of drug-likeness (QED) is 0.752. The second kappa shape index (κ2) is 4.14. The zero-order valence-corrected chi connectivity index (χ0v) is 8.48. The molecule has 0 aliphatic carbocycles. The molecule has 0 aliphatic heterocycles. The number of benzene rings is 1. The van der Waals surface area contributed by atoms with Crippen LogP contribution in [0.25, 0.3) is 0 Å². The summed E-state index contributed by atoms with van der Waals surface area (Å²) in [6, 6.07) is 8.03. The van der Waals surface area contributed by atoms with Crippen LogP contribution in [0.2, 0.25) is 0 Å². The van der Waals surface area contributed by atoms with E-state index in [9.17, 15) is 0 Å². The molecular weight excluding hydrogens is 222 g/mol. The van der Waals surface area contributed by atoms with Crippen molar-refractivity contribution in [1.82, 2.24) is 0 Å². The highest BCUT2D eigenvalue weighted by Gasteiger charge is 2.01. The van der Waals surface area contributed by atoms with Crippen molar-refractivity contribution in [3.63, 3.8) is 0 Å². The normalized spacial score (nSPS) is 13.0. The molecule has 1 aromatic rings. The first-order chi connectivity index (χ1) is 5.24. The summed E-state index contributed by atoms with van der Waals surface area (Å²) in [6.07, 6.45) is 0. The molecular formula is C8H10BrNS. The smallest absolute Gasteiger partial charge is 0.0384 e. The van der Waals surface area contributed by atoms with Gasteiger partial charge in [0.2, 0.25) is 0 Å². The van der Waals surface area contributed by atoms with Crippen LogP contribution in [0.4, 0.5) is 0 Å². The van der Waals surface area contributed by atoms with Crippen LogP contribution in [-0.2, 0) is 0 Å². The highest BCUT2D eigenvalue weighted by molar-refractivity contribution is 9.10. The largest absolute Gasteiger partial charge is 0.323 e. The summed E-state index contributed by atoms with van der Waals surface area (Å²) in [5.74, 6) is 0.682. The maximum Gasteiger partial charge on any atom is 0.0384 e. The second-order valence-electron chi connectivity index (χ2n) is 2.34. The zero-order chi connectivity index (χ0) is 8.27. The van der Waals surface area contributed by atoms with Crippen LogP contribution in [0.1, 0.15) is 11.6 Å². The number of rotatable bonds is 2. The van der Waals surface area contributed by atoms with Crippen LogP contribution in [0.5, 0.6) is 0 Å². The highest BCUT2D eigenvalue weighted by atomic mass is 79.9. The standard InChI is InChI=1S/C8H10BrNS/c9-7-3-1-6(2-4-7)8(10)5-11/h1-4,8,11H,5,10H2. The summed E-state index contributed by atoms with van der Waals surface area (Å²) in [4.78, 5) is 0. The van der Waals surface area contributed by atoms with Gasteiger partial charge in [0.1, 0.15) is 0 Å². The summed E-state index contributed by atoms with van der Waals surface area (Å²) in [5.41, 5.74) is 6.88. The Labute approximate surface area is 80.5 Å². The van der Waals surface area contributed by atoms with Gasteiger partial charge >= 0.3 is 0 Å². The van der Waals surface area contributed by atoms with Gasteiger partial charge in [0, 0.05) is 16.3 Å². The van der Waals surface area contributed by atoms with Crippen LogP contribution in [0.3, 0.4) is 0 Å². The number of hydrogen-bond donors (Lipinski definition) is 2. The van der Waals surface area contributed by atoms with Gasteiger partial charge in [-0.3, -0.25) is 0 Å². The Kier molecular flexibility index (Phi) is 3.43. The van der Waals surface area contributed by atoms with Crippen LogP contribution in [0, 0.1) is 0 Å². The summed E-state index contributed by atoms with van der Waals surface area (Å²) < 4.78 is 1.08. The Balaban J connectivity index is 2.81. The van der Waals surface area contributed by atoms with Crippen molar-refractivity contribution in [2.45, 2.75) is 6.04 Å². The molecule has 0 amide bonds. The number of nitrogens with two attached hydrogens (primary N) is 1. The van der Waals surface area contributed by atoms with E-state index in [0.29, 0.717) is 5.75 Å². The molecule has 0 bridgehead atoms. The van der Waals surface area contributed by atoms with E-state index >= 15 is 0 Å². The summed E-state index contributed by atoms with van der Waals surface area (Å²) in [7, 11) is 0. The minimum absolute atomic E-state index is 0.0476. The van der Waals surface area contributed by atoms with Gasteiger partial charge < -0.3 is 5.73 Å². The van der Waals surface area contributed by atoms with Gasteiger partial charge in [-0.25, -0.2) is 0 Å². The SMILES string of the molecule is NC(CS)c1ccc(Br)cc1. The summed E-state index contributed by atoms with van der Waals surface area (Å²) in [5, 5.41) is 0. The first-order valence-corrected chi connectivity index (χ1v) is 4.78. The summed E-state index contributed by atoms with van der Waals surface area (Å²) >= 11 is 7.47. The van der Waals surface area contributed by atoms with Gasteiger partial charge in [-0.1, -0.05) is 28.1 Å². The Morgan fingerprint density at radius 2 is 1.91 bits per heavy atom. The molecule has 0 radical (unpaired) electrons. The van der Waals surface area contributed by atoms with E-state index < -0.39 is 0 Å². The fourth-order valence-electron chi connectivity index (χ4n) is 0.815. The average Bonchev–Trinajstić information content (AvgIpc) is 2.05. The topological polar surface area (TPSA) is 26.0 Å². The molecule has 1 unspecified atom stereocenters. The van der Waals surface area contributed by atoms with Crippen molar-refractivity contribution in [1.29, 1.82) is 0 Å². The van der Waals surface area contributed by atoms with E-state index in [1.54, 1.807) is 0 Å². The van der Waals surface area contributed by atoms with Gasteiger partial charge in [0.15, 0.2) is 0 Å². The van der Waals surface area contributed by atoms with Gasteiger partial charge in [-0.2, -0.15) is 12.6 Å². The molecule has 0 heterocycles. The van der Waals surface area contributed by atoms with Gasteiger partial charge in [0.25, 0.3) is 0 Å². The lowest BCUT2D eigenvalue weighted by molar-refractivity contribution is 0.834. The maximum atomic E-state index is 5.75. The van der Waals surface area contributed by atoms with E-state index in [4.69, 9.17) is 5.73 Å². The second-order valence-corrected chi connectivity index (χ2v) is 3.62. The highest BCUT2D eigenvalue weighted by Crippen LogP contribution is 2.15. The van der Waals surface area contributed by atoms with Crippen molar-refractivity contribution in [2.24, 2.45) is 5.73 Å². The van der Waals surface area contributed by atoms with Crippen molar-refractivity contribution in [2.75, 3.05) is 5.75 Å². The molecule has 11 heavy (non-hydrogen) atoms. The predicted octanol–water partition coefficient (Wildman–Crippen LogP) is 2.38. The Bertz CT molecular complexity index is 222. The van der Waals surface area contributed by atoms with Crippen LogP contribution in [0.15, 0.2) is 28.7 Å². The molecule has 1 nitrogen and oxygen atoms in total. The van der Waals surface area contributed by atoms with E-state index in [2.05, 4.69) is 28.6 Å². The number of thiol groups is 1. The van der Waals surface area contributed by atoms with E-state index in [-0.39, 0.29) is 6.04 Å². The molecule has 0 fully saturated rings. The molecule has 0 spiro atoms. The minimum atomic E-state index is 0.0476. The van der Waals surface area contributed by atoms with E-state index in [1.165, 1.54) is 0 Å². The molecule has 60 valence electrons. The third-order valence-electron chi connectivity index (χ3n) is 1.49. The zero-order valence-electron chi connectivity index (χ0n) is 6.00. The van der Waals surface area contributed by atoms with Gasteiger partial charge in [-0.15, -0.1) is 0 Å². The lowest BCUT2D eigenvalue weighted by atomic mass is 10.1. The third kappa shape index (κ3) is 2.51. The molecule has 0 saturated heterocycles. The fourth-order valence-corrected chi connectivity index (χ4v) is 1.29. The first-order valence-electron chi connectivity index (χ1n) is 3.36. The minimum Gasteiger partial charge on any atom is -0.323 e. The first kappa shape index (κ1) is 9.10. The maximum absolute atomic E-state index is 5.75. The lowest BCUT2D eigenvalue weighted by Crippen LogP contribution is -2.11. The van der Waals surface area contributed by atoms with Crippen molar-refractivity contribution in [3.8, 4) is 0 Å². The molecule has 0 saturated carbocycles. The van der Waals surface area contributed by atoms with Crippen molar-refractivity contribution < 1.29 is 0 Å². The molecule has 1 rings (SSSR count). The Hall–Kier alpha value is 0.01000. The Morgan fingerprint density at radius 1 is 1.36 bits per heavy atom. The predicted molar refractivity (Wildman–Crippen MR) is 54.9 cm³/mol. The van der Waals surface area contributed by atoms with Gasteiger partial charge in [-0.05, 0) is 17.7 Å². The van der Waals surface area contributed by atoms with Gasteiger partial charge in [0.05, 0.1) is 0 Å². The molecule has 1 aromatic carbocycles. The van der Waals surface area contributed by atoms with Crippen LogP contribution < -0.4 is 5.73 Å². The molecule has 3 heteroatoms. The molecule has 2 N–H and O–H groups in total. The van der Waals surface area contributed by atoms with Crippen molar-refractivity contribution >= 4 is 28.6 Å². The number of hydrogen-bond acceptors (Lipinski definition) is 2. The monoisotopic (exact) mass is 231 g/mol. The fraction of sp³-hybridized carbons (Fsp3) is 0.250. The van der Waals surface area contributed by atoms with Crippen LogP contribution >= 0.6 is 28.6 Å². The summed E-state index contributed by atoms with van der Waals surface area (Å²) in [6.45, 7) is 0. The molecule has 0 aliphatic rings. The molecule has 0 aromatic heterocycles. The molecule has 1 atom stereocenters. The lowest BCUT2D eigenvalue weighted by Gasteiger charge is -2.07. The van der Waals surface area contributed by atoms with E-state index in [0.717, 1.165) is 10.0 Å².